The van der Waals surface area contributed by atoms with Gasteiger partial charge in [0.25, 0.3) is 0 Å². The highest BCUT2D eigenvalue weighted by atomic mass is 35.5. The van der Waals surface area contributed by atoms with E-state index in [9.17, 15) is 18.3 Å². The van der Waals surface area contributed by atoms with E-state index < -0.39 is 6.36 Å². The number of halogens is 4. The SMILES string of the molecule is N#Cc1ccc(CN2CCC(Cc3cc(Cl)c4c(O)n(Cc5ccc(OC(F)(F)F)cc5)cc4c3)CC2)cc1. The van der Waals surface area contributed by atoms with E-state index in [2.05, 4.69) is 21.8 Å². The van der Waals surface area contributed by atoms with Crippen LogP contribution in [-0.2, 0) is 19.5 Å². The van der Waals surface area contributed by atoms with Gasteiger partial charge < -0.3 is 14.4 Å². The predicted octanol–water partition coefficient (Wildman–Crippen LogP) is 7.27. The number of nitriles is 1. The Morgan fingerprint density at radius 3 is 2.23 bits per heavy atom. The molecule has 0 aliphatic carbocycles. The molecule has 0 bridgehead atoms. The number of rotatable bonds is 7. The van der Waals surface area contributed by atoms with E-state index in [1.807, 2.05) is 36.5 Å². The standard InChI is InChI=1S/C30H27ClF3N3O2/c31-27-15-24(13-20-9-11-36(12-10-20)17-22-3-1-21(16-35)2-4-22)14-25-19-37(29(38)28(25)27)18-23-5-7-26(8-6-23)39-30(32,33)34/h1-8,14-15,19-20,38H,9-13,17-18H2. The highest BCUT2D eigenvalue weighted by molar-refractivity contribution is 6.36. The Morgan fingerprint density at radius 2 is 1.59 bits per heavy atom. The summed E-state index contributed by atoms with van der Waals surface area (Å²) >= 11 is 6.59. The minimum atomic E-state index is -4.74. The highest BCUT2D eigenvalue weighted by Crippen LogP contribution is 2.36. The third kappa shape index (κ3) is 6.67. The van der Waals surface area contributed by atoms with Crippen molar-refractivity contribution in [1.29, 1.82) is 5.26 Å². The molecule has 5 nitrogen and oxygen atoms in total. The number of alkyl halides is 3. The van der Waals surface area contributed by atoms with Gasteiger partial charge in [0.2, 0.25) is 5.88 Å². The lowest BCUT2D eigenvalue weighted by Gasteiger charge is -2.32. The summed E-state index contributed by atoms with van der Waals surface area (Å²) in [4.78, 5) is 2.44. The van der Waals surface area contributed by atoms with Crippen molar-refractivity contribution in [2.24, 2.45) is 5.92 Å². The summed E-state index contributed by atoms with van der Waals surface area (Å²) in [6.45, 7) is 3.16. The molecular formula is C30H27ClF3N3O2. The van der Waals surface area contributed by atoms with E-state index >= 15 is 0 Å². The Kier molecular flexibility index (Phi) is 7.74. The summed E-state index contributed by atoms with van der Waals surface area (Å²) in [5.41, 5.74) is 3.71. The van der Waals surface area contributed by atoms with Crippen molar-refractivity contribution in [3.8, 4) is 17.7 Å². The number of nitrogens with zero attached hydrogens (tertiary/aromatic N) is 3. The largest absolute Gasteiger partial charge is 0.573 e. The monoisotopic (exact) mass is 553 g/mol. The highest BCUT2D eigenvalue weighted by Gasteiger charge is 2.31. The van der Waals surface area contributed by atoms with Crippen LogP contribution in [0.15, 0.2) is 66.9 Å². The molecule has 3 aromatic carbocycles. The lowest BCUT2D eigenvalue weighted by Crippen LogP contribution is -2.33. The van der Waals surface area contributed by atoms with Crippen LogP contribution < -0.4 is 4.74 Å². The third-order valence-corrected chi connectivity index (χ3v) is 7.50. The molecule has 1 aliphatic heterocycles. The van der Waals surface area contributed by atoms with E-state index in [1.54, 1.807) is 4.57 Å². The second-order valence-electron chi connectivity index (χ2n) is 10.0. The van der Waals surface area contributed by atoms with E-state index in [-0.39, 0.29) is 18.2 Å². The molecule has 4 aromatic rings. The lowest BCUT2D eigenvalue weighted by molar-refractivity contribution is -0.274. The van der Waals surface area contributed by atoms with Crippen LogP contribution in [0.4, 0.5) is 13.2 Å². The first-order valence-electron chi connectivity index (χ1n) is 12.7. The Labute approximate surface area is 229 Å². The molecule has 1 saturated heterocycles. The maximum Gasteiger partial charge on any atom is 0.573 e. The average molecular weight is 554 g/mol. The third-order valence-electron chi connectivity index (χ3n) is 7.20. The van der Waals surface area contributed by atoms with Gasteiger partial charge >= 0.3 is 6.36 Å². The molecule has 9 heteroatoms. The summed E-state index contributed by atoms with van der Waals surface area (Å²) in [6.07, 6.45) is 0.126. The average Bonchev–Trinajstić information content (AvgIpc) is 3.21. The maximum atomic E-state index is 12.4. The zero-order chi connectivity index (χ0) is 27.6. The maximum absolute atomic E-state index is 12.4. The van der Waals surface area contributed by atoms with E-state index in [1.165, 1.54) is 29.8 Å². The molecule has 39 heavy (non-hydrogen) atoms. The van der Waals surface area contributed by atoms with Crippen molar-refractivity contribution >= 4 is 22.4 Å². The second-order valence-corrected chi connectivity index (χ2v) is 10.5. The van der Waals surface area contributed by atoms with Crippen LogP contribution >= 0.6 is 11.6 Å². The van der Waals surface area contributed by atoms with Crippen molar-refractivity contribution in [1.82, 2.24) is 9.47 Å². The van der Waals surface area contributed by atoms with Gasteiger partial charge in [-0.3, -0.25) is 4.90 Å². The number of aromatic hydroxyl groups is 1. The predicted molar refractivity (Wildman–Crippen MR) is 144 cm³/mol. The van der Waals surface area contributed by atoms with Crippen LogP contribution in [-0.4, -0.2) is 34.0 Å². The Hall–Kier alpha value is -3.67. The van der Waals surface area contributed by atoms with Crippen molar-refractivity contribution in [3.63, 3.8) is 0 Å². The Morgan fingerprint density at radius 1 is 0.949 bits per heavy atom. The van der Waals surface area contributed by atoms with Crippen molar-refractivity contribution in [3.05, 3.63) is 94.1 Å². The van der Waals surface area contributed by atoms with Crippen LogP contribution in [0.3, 0.4) is 0 Å². The Balaban J connectivity index is 1.21. The number of benzene rings is 3. The summed E-state index contributed by atoms with van der Waals surface area (Å²) in [5.74, 6) is 0.262. The molecule has 0 amide bonds. The molecule has 1 fully saturated rings. The zero-order valence-electron chi connectivity index (χ0n) is 21.1. The summed E-state index contributed by atoms with van der Waals surface area (Å²) < 4.78 is 42.8. The number of fused-ring (bicyclic) bond motifs is 1. The van der Waals surface area contributed by atoms with Crippen LogP contribution in [0.5, 0.6) is 11.6 Å². The van der Waals surface area contributed by atoms with E-state index in [0.717, 1.165) is 49.8 Å². The first-order chi connectivity index (χ1) is 18.7. The first-order valence-corrected chi connectivity index (χ1v) is 13.1. The van der Waals surface area contributed by atoms with E-state index in [0.29, 0.717) is 27.5 Å². The van der Waals surface area contributed by atoms with Gasteiger partial charge in [0.15, 0.2) is 0 Å². The fourth-order valence-corrected chi connectivity index (χ4v) is 5.59. The number of likely N-dealkylation sites (tertiary alicyclic amines) is 1. The zero-order valence-corrected chi connectivity index (χ0v) is 21.8. The molecule has 5 rings (SSSR count). The molecule has 202 valence electrons. The topological polar surface area (TPSA) is 61.4 Å². The molecule has 0 saturated carbocycles. The number of ether oxygens (including phenoxy) is 1. The smallest absolute Gasteiger partial charge is 0.494 e. The molecule has 1 aromatic heterocycles. The minimum Gasteiger partial charge on any atom is -0.494 e. The number of aromatic nitrogens is 1. The second kappa shape index (κ2) is 11.2. The van der Waals surface area contributed by atoms with Crippen LogP contribution in [0.2, 0.25) is 5.02 Å². The van der Waals surface area contributed by atoms with Crippen molar-refractivity contribution in [2.75, 3.05) is 13.1 Å². The van der Waals surface area contributed by atoms with Gasteiger partial charge in [-0.25, -0.2) is 0 Å². The van der Waals surface area contributed by atoms with Gasteiger partial charge in [0, 0.05) is 18.1 Å². The summed E-state index contributed by atoms with van der Waals surface area (Å²) in [5, 5.41) is 21.7. The van der Waals surface area contributed by atoms with Gasteiger partial charge in [0.1, 0.15) is 5.75 Å². The van der Waals surface area contributed by atoms with Crippen LogP contribution in [0, 0.1) is 17.2 Å². The molecule has 0 radical (unpaired) electrons. The number of hydrogen-bond acceptors (Lipinski definition) is 4. The molecule has 1 N–H and O–H groups in total. The normalized spacial score (nSPS) is 14.9. The van der Waals surface area contributed by atoms with Crippen LogP contribution in [0.25, 0.3) is 10.8 Å². The fourth-order valence-electron chi connectivity index (χ4n) is 5.25. The first kappa shape index (κ1) is 26.9. The number of piperidine rings is 1. The van der Waals surface area contributed by atoms with Crippen LogP contribution in [0.1, 0.15) is 35.1 Å². The minimum absolute atomic E-state index is 0.0216. The van der Waals surface area contributed by atoms with Gasteiger partial charge in [-0.05, 0) is 91.4 Å². The molecule has 1 aliphatic rings. The van der Waals surface area contributed by atoms with Crippen molar-refractivity contribution in [2.45, 2.75) is 38.7 Å². The van der Waals surface area contributed by atoms with E-state index in [4.69, 9.17) is 16.9 Å². The number of hydrogen-bond donors (Lipinski definition) is 1. The van der Waals surface area contributed by atoms with Crippen molar-refractivity contribution < 1.29 is 23.0 Å². The molecule has 0 atom stereocenters. The van der Waals surface area contributed by atoms with Gasteiger partial charge in [-0.15, -0.1) is 13.2 Å². The van der Waals surface area contributed by atoms with Gasteiger partial charge in [-0.2, -0.15) is 5.26 Å². The fraction of sp³-hybridized carbons (Fsp3) is 0.300. The van der Waals surface area contributed by atoms with Gasteiger partial charge in [-0.1, -0.05) is 35.9 Å². The molecule has 0 spiro atoms. The van der Waals surface area contributed by atoms with Gasteiger partial charge in [0.05, 0.1) is 28.6 Å². The lowest BCUT2D eigenvalue weighted by atomic mass is 9.89. The molecule has 2 heterocycles. The molecular weight excluding hydrogens is 527 g/mol. The Bertz CT molecular complexity index is 1480. The quantitative estimate of drug-likeness (QED) is 0.261. The summed E-state index contributed by atoms with van der Waals surface area (Å²) in [7, 11) is 0. The summed E-state index contributed by atoms with van der Waals surface area (Å²) in [6, 6.07) is 19.4. The molecule has 0 unspecified atom stereocenters.